The normalized spacial score (nSPS) is 12.8. The highest BCUT2D eigenvalue weighted by molar-refractivity contribution is 5.15. The van der Waals surface area contributed by atoms with E-state index in [9.17, 15) is 0 Å². The topological polar surface area (TPSA) is 55.9 Å². The maximum absolute atomic E-state index is 5.50. The summed E-state index contributed by atoms with van der Waals surface area (Å²) < 4.78 is 7.56. The third kappa shape index (κ3) is 2.98. The summed E-state index contributed by atoms with van der Waals surface area (Å²) in [5, 5.41) is 11.4. The van der Waals surface area contributed by atoms with Gasteiger partial charge in [0.05, 0.1) is 0 Å². The molecule has 0 radical (unpaired) electrons. The number of nitrogens with one attached hydrogen (secondary N) is 1. The lowest BCUT2D eigenvalue weighted by Crippen LogP contribution is -2.17. The zero-order valence-electron chi connectivity index (χ0n) is 11.2. The number of rotatable bonds is 6. The molecule has 5 heteroatoms. The molecule has 2 aromatic rings. The number of aromatic nitrogens is 3. The van der Waals surface area contributed by atoms with Crippen LogP contribution >= 0.6 is 0 Å². The van der Waals surface area contributed by atoms with Crippen molar-refractivity contribution in [1.82, 2.24) is 20.1 Å². The summed E-state index contributed by atoms with van der Waals surface area (Å²) in [6.07, 6.45) is 4.93. The summed E-state index contributed by atoms with van der Waals surface area (Å²) in [5.41, 5.74) is 1.27. The molecular formula is C13H20N4O. The second-order valence-corrected chi connectivity index (χ2v) is 4.34. The lowest BCUT2D eigenvalue weighted by atomic mass is 10.2. The molecule has 2 rings (SSSR count). The summed E-state index contributed by atoms with van der Waals surface area (Å²) in [6, 6.07) is 2.48. The van der Waals surface area contributed by atoms with Crippen LogP contribution in [0.25, 0.3) is 0 Å². The van der Waals surface area contributed by atoms with Crippen LogP contribution in [0.5, 0.6) is 0 Å². The largest absolute Gasteiger partial charge is 0.423 e. The molecule has 0 aliphatic rings. The standard InChI is InChI=1S/C13H20N4O/c1-4-12-15-16-13(18-12)9-17-7-6-11(8-17)10(3)14-5-2/h6-8,10,14H,4-5,9H2,1-3H3. The Kier molecular flexibility index (Phi) is 4.15. The first-order valence-electron chi connectivity index (χ1n) is 6.43. The Balaban J connectivity index is 2.01. The summed E-state index contributed by atoms with van der Waals surface area (Å²) in [5.74, 6) is 1.35. The Morgan fingerprint density at radius 2 is 2.11 bits per heavy atom. The van der Waals surface area contributed by atoms with Gasteiger partial charge < -0.3 is 14.3 Å². The summed E-state index contributed by atoms with van der Waals surface area (Å²) in [6.45, 7) is 7.87. The molecule has 0 fully saturated rings. The van der Waals surface area contributed by atoms with Crippen LogP contribution in [0.3, 0.4) is 0 Å². The first kappa shape index (κ1) is 12.8. The van der Waals surface area contributed by atoms with Crippen LogP contribution in [-0.2, 0) is 13.0 Å². The molecule has 2 aromatic heterocycles. The van der Waals surface area contributed by atoms with Crippen molar-refractivity contribution in [3.05, 3.63) is 35.8 Å². The quantitative estimate of drug-likeness (QED) is 0.851. The average Bonchev–Trinajstić information content (AvgIpc) is 2.99. The summed E-state index contributed by atoms with van der Waals surface area (Å²) >= 11 is 0. The van der Waals surface area contributed by atoms with Crippen LogP contribution in [0.2, 0.25) is 0 Å². The molecule has 0 bridgehead atoms. The van der Waals surface area contributed by atoms with E-state index in [-0.39, 0.29) is 0 Å². The van der Waals surface area contributed by atoms with E-state index in [1.54, 1.807) is 0 Å². The van der Waals surface area contributed by atoms with Crippen molar-refractivity contribution in [1.29, 1.82) is 0 Å². The van der Waals surface area contributed by atoms with E-state index in [1.807, 2.05) is 13.1 Å². The molecule has 1 unspecified atom stereocenters. The minimum Gasteiger partial charge on any atom is -0.423 e. The van der Waals surface area contributed by atoms with Crippen LogP contribution in [0.15, 0.2) is 22.9 Å². The second kappa shape index (κ2) is 5.82. The number of nitrogens with zero attached hydrogens (tertiary/aromatic N) is 3. The van der Waals surface area contributed by atoms with Gasteiger partial charge in [0.15, 0.2) is 0 Å². The van der Waals surface area contributed by atoms with Gasteiger partial charge in [0.25, 0.3) is 0 Å². The van der Waals surface area contributed by atoms with E-state index in [0.29, 0.717) is 24.4 Å². The SMILES string of the molecule is CCNC(C)c1ccn(Cc2nnc(CC)o2)c1. The summed E-state index contributed by atoms with van der Waals surface area (Å²) in [4.78, 5) is 0. The Hall–Kier alpha value is -1.62. The van der Waals surface area contributed by atoms with E-state index < -0.39 is 0 Å². The van der Waals surface area contributed by atoms with E-state index in [4.69, 9.17) is 4.42 Å². The molecule has 0 aromatic carbocycles. The predicted molar refractivity (Wildman–Crippen MR) is 69.3 cm³/mol. The smallest absolute Gasteiger partial charge is 0.236 e. The molecule has 0 saturated carbocycles. The highest BCUT2D eigenvalue weighted by Gasteiger charge is 2.08. The van der Waals surface area contributed by atoms with Crippen molar-refractivity contribution in [2.24, 2.45) is 0 Å². The molecule has 5 nitrogen and oxygen atoms in total. The zero-order chi connectivity index (χ0) is 13.0. The third-order valence-electron chi connectivity index (χ3n) is 2.91. The van der Waals surface area contributed by atoms with Gasteiger partial charge in [-0.1, -0.05) is 13.8 Å². The van der Waals surface area contributed by atoms with E-state index in [1.165, 1.54) is 5.56 Å². The molecule has 0 saturated heterocycles. The van der Waals surface area contributed by atoms with Gasteiger partial charge in [0, 0.05) is 24.9 Å². The molecule has 0 aliphatic carbocycles. The van der Waals surface area contributed by atoms with Crippen molar-refractivity contribution in [2.75, 3.05) is 6.54 Å². The monoisotopic (exact) mass is 248 g/mol. The fourth-order valence-electron chi connectivity index (χ4n) is 1.89. The number of hydrogen-bond donors (Lipinski definition) is 1. The van der Waals surface area contributed by atoms with Crippen LogP contribution < -0.4 is 5.32 Å². The van der Waals surface area contributed by atoms with E-state index in [0.717, 1.165) is 13.0 Å². The molecule has 98 valence electrons. The number of hydrogen-bond acceptors (Lipinski definition) is 4. The highest BCUT2D eigenvalue weighted by Crippen LogP contribution is 2.13. The van der Waals surface area contributed by atoms with Crippen LogP contribution in [0, 0.1) is 0 Å². The Labute approximate surface area is 107 Å². The molecule has 0 amide bonds. The number of aryl methyl sites for hydroxylation is 1. The highest BCUT2D eigenvalue weighted by atomic mass is 16.4. The molecule has 2 heterocycles. The van der Waals surface area contributed by atoms with Crippen LogP contribution in [0.4, 0.5) is 0 Å². The molecular weight excluding hydrogens is 228 g/mol. The predicted octanol–water partition coefficient (Wildman–Crippen LogP) is 2.15. The van der Waals surface area contributed by atoms with Gasteiger partial charge >= 0.3 is 0 Å². The minimum absolute atomic E-state index is 0.366. The van der Waals surface area contributed by atoms with Gasteiger partial charge in [-0.05, 0) is 25.1 Å². The van der Waals surface area contributed by atoms with E-state index >= 15 is 0 Å². The molecule has 1 N–H and O–H groups in total. The molecule has 18 heavy (non-hydrogen) atoms. The van der Waals surface area contributed by atoms with Crippen molar-refractivity contribution < 1.29 is 4.42 Å². The maximum atomic E-state index is 5.50. The van der Waals surface area contributed by atoms with Gasteiger partial charge in [-0.15, -0.1) is 10.2 Å². The fraction of sp³-hybridized carbons (Fsp3) is 0.538. The first-order chi connectivity index (χ1) is 8.72. The average molecular weight is 248 g/mol. The lowest BCUT2D eigenvalue weighted by molar-refractivity contribution is 0.442. The zero-order valence-corrected chi connectivity index (χ0v) is 11.2. The Bertz CT molecular complexity index is 489. The Morgan fingerprint density at radius 3 is 2.78 bits per heavy atom. The molecule has 0 spiro atoms. The fourth-order valence-corrected chi connectivity index (χ4v) is 1.89. The van der Waals surface area contributed by atoms with E-state index in [2.05, 4.69) is 46.2 Å². The first-order valence-corrected chi connectivity index (χ1v) is 6.43. The molecule has 1 atom stereocenters. The van der Waals surface area contributed by atoms with Gasteiger partial charge in [-0.3, -0.25) is 0 Å². The second-order valence-electron chi connectivity index (χ2n) is 4.34. The summed E-state index contributed by atoms with van der Waals surface area (Å²) in [7, 11) is 0. The lowest BCUT2D eigenvalue weighted by Gasteiger charge is -2.09. The van der Waals surface area contributed by atoms with Crippen LogP contribution in [0.1, 0.15) is 44.2 Å². The van der Waals surface area contributed by atoms with Gasteiger partial charge in [0.1, 0.15) is 6.54 Å². The van der Waals surface area contributed by atoms with Crippen molar-refractivity contribution in [3.63, 3.8) is 0 Å². The van der Waals surface area contributed by atoms with Crippen molar-refractivity contribution >= 4 is 0 Å². The third-order valence-corrected chi connectivity index (χ3v) is 2.91. The van der Waals surface area contributed by atoms with Crippen LogP contribution in [-0.4, -0.2) is 21.3 Å². The minimum atomic E-state index is 0.366. The van der Waals surface area contributed by atoms with Gasteiger partial charge in [-0.25, -0.2) is 0 Å². The van der Waals surface area contributed by atoms with Gasteiger partial charge in [0.2, 0.25) is 11.8 Å². The van der Waals surface area contributed by atoms with Crippen molar-refractivity contribution in [3.8, 4) is 0 Å². The Morgan fingerprint density at radius 1 is 1.33 bits per heavy atom. The molecule has 0 aliphatic heterocycles. The van der Waals surface area contributed by atoms with Crippen molar-refractivity contribution in [2.45, 2.75) is 39.8 Å². The van der Waals surface area contributed by atoms with Gasteiger partial charge in [-0.2, -0.15) is 0 Å². The maximum Gasteiger partial charge on any atom is 0.236 e.